The zero-order valence-electron chi connectivity index (χ0n) is 6.66. The van der Waals surface area contributed by atoms with Gasteiger partial charge in [-0.05, 0) is 11.6 Å². The minimum atomic E-state index is -1.54. The number of carboxylic acid groups (broad SMARTS) is 1. The van der Waals surface area contributed by atoms with Gasteiger partial charge in [0.1, 0.15) is 5.82 Å². The van der Waals surface area contributed by atoms with Crippen LogP contribution in [0.3, 0.4) is 0 Å². The molecule has 1 N–H and O–H groups in total. The number of rotatable bonds is 3. The highest BCUT2D eigenvalue weighted by Crippen LogP contribution is 2.07. The third kappa shape index (κ3) is 2.37. The topological polar surface area (TPSA) is 54.4 Å². The SMILES string of the molecule is O=C(O)C(=O)Cc1ccccc1F. The van der Waals surface area contributed by atoms with Gasteiger partial charge in [-0.2, -0.15) is 0 Å². The van der Waals surface area contributed by atoms with E-state index in [1.165, 1.54) is 18.2 Å². The van der Waals surface area contributed by atoms with Crippen molar-refractivity contribution < 1.29 is 19.1 Å². The zero-order chi connectivity index (χ0) is 9.84. The molecule has 13 heavy (non-hydrogen) atoms. The van der Waals surface area contributed by atoms with E-state index in [9.17, 15) is 14.0 Å². The Morgan fingerprint density at radius 1 is 1.31 bits per heavy atom. The van der Waals surface area contributed by atoms with Crippen LogP contribution in [-0.2, 0) is 16.0 Å². The quantitative estimate of drug-likeness (QED) is 0.710. The van der Waals surface area contributed by atoms with Crippen molar-refractivity contribution in [3.05, 3.63) is 35.6 Å². The van der Waals surface area contributed by atoms with Crippen LogP contribution in [0.2, 0.25) is 0 Å². The fraction of sp³-hybridized carbons (Fsp3) is 0.111. The smallest absolute Gasteiger partial charge is 0.372 e. The maximum Gasteiger partial charge on any atom is 0.372 e. The molecule has 0 saturated heterocycles. The largest absolute Gasteiger partial charge is 0.475 e. The van der Waals surface area contributed by atoms with Gasteiger partial charge < -0.3 is 5.11 Å². The molecule has 3 nitrogen and oxygen atoms in total. The lowest BCUT2D eigenvalue weighted by Crippen LogP contribution is -2.15. The van der Waals surface area contributed by atoms with Gasteiger partial charge >= 0.3 is 5.97 Å². The van der Waals surface area contributed by atoms with Crippen LogP contribution in [0.4, 0.5) is 4.39 Å². The summed E-state index contributed by atoms with van der Waals surface area (Å²) in [6, 6.07) is 5.60. The molecule has 1 aromatic carbocycles. The first-order valence-corrected chi connectivity index (χ1v) is 3.61. The molecule has 0 saturated carbocycles. The summed E-state index contributed by atoms with van der Waals surface area (Å²) in [5.74, 6) is -3.11. The van der Waals surface area contributed by atoms with Gasteiger partial charge in [-0.15, -0.1) is 0 Å². The van der Waals surface area contributed by atoms with Crippen molar-refractivity contribution in [2.75, 3.05) is 0 Å². The van der Waals surface area contributed by atoms with E-state index in [4.69, 9.17) is 5.11 Å². The summed E-state index contributed by atoms with van der Waals surface area (Å²) < 4.78 is 12.9. The minimum absolute atomic E-state index is 0.106. The van der Waals surface area contributed by atoms with Gasteiger partial charge in [0.2, 0.25) is 5.78 Å². The summed E-state index contributed by atoms with van der Waals surface area (Å²) in [6.07, 6.45) is -0.401. The number of carbonyl (C=O) groups is 2. The molecule has 0 aliphatic rings. The van der Waals surface area contributed by atoms with Crippen LogP contribution in [0.25, 0.3) is 0 Å². The molecule has 0 fully saturated rings. The lowest BCUT2D eigenvalue weighted by molar-refractivity contribution is -0.148. The number of benzene rings is 1. The summed E-state index contributed by atoms with van der Waals surface area (Å²) in [5.41, 5.74) is 0.106. The molecule has 0 unspecified atom stereocenters. The van der Waals surface area contributed by atoms with Crippen LogP contribution >= 0.6 is 0 Å². The lowest BCUT2D eigenvalue weighted by Gasteiger charge is -1.98. The number of carbonyl (C=O) groups excluding carboxylic acids is 1. The first-order valence-electron chi connectivity index (χ1n) is 3.61. The summed E-state index contributed by atoms with van der Waals surface area (Å²) in [7, 11) is 0. The molecule has 0 aromatic heterocycles. The van der Waals surface area contributed by atoms with Gasteiger partial charge in [-0.1, -0.05) is 18.2 Å². The fourth-order valence-corrected chi connectivity index (χ4v) is 0.890. The first kappa shape index (κ1) is 9.38. The molecule has 0 atom stereocenters. The van der Waals surface area contributed by atoms with E-state index in [0.29, 0.717) is 0 Å². The number of ketones is 1. The lowest BCUT2D eigenvalue weighted by atomic mass is 10.1. The Morgan fingerprint density at radius 3 is 2.46 bits per heavy atom. The highest BCUT2D eigenvalue weighted by Gasteiger charge is 2.13. The van der Waals surface area contributed by atoms with Crippen molar-refractivity contribution in [3.8, 4) is 0 Å². The van der Waals surface area contributed by atoms with Crippen molar-refractivity contribution in [2.45, 2.75) is 6.42 Å². The molecule has 0 aliphatic carbocycles. The molecule has 68 valence electrons. The highest BCUT2D eigenvalue weighted by atomic mass is 19.1. The number of halogens is 1. The second-order valence-electron chi connectivity index (χ2n) is 2.50. The van der Waals surface area contributed by atoms with E-state index in [2.05, 4.69) is 0 Å². The average molecular weight is 182 g/mol. The Bertz CT molecular complexity index is 346. The Kier molecular flexibility index (Phi) is 2.74. The predicted molar refractivity (Wildman–Crippen MR) is 42.7 cm³/mol. The summed E-state index contributed by atoms with van der Waals surface area (Å²) in [5, 5.41) is 8.26. The number of hydrogen-bond acceptors (Lipinski definition) is 2. The van der Waals surface area contributed by atoms with Crippen LogP contribution < -0.4 is 0 Å². The molecule has 0 spiro atoms. The van der Waals surface area contributed by atoms with Gasteiger partial charge in [0, 0.05) is 6.42 Å². The standard InChI is InChI=1S/C9H7FO3/c10-7-4-2-1-3-6(7)5-8(11)9(12)13/h1-4H,5H2,(H,12,13). The average Bonchev–Trinajstić information content (AvgIpc) is 2.08. The summed E-state index contributed by atoms with van der Waals surface area (Å²) >= 11 is 0. The van der Waals surface area contributed by atoms with E-state index in [0.717, 1.165) is 0 Å². The Balaban J connectivity index is 2.81. The third-order valence-corrected chi connectivity index (χ3v) is 1.55. The van der Waals surface area contributed by atoms with Gasteiger partial charge in [0.15, 0.2) is 0 Å². The zero-order valence-corrected chi connectivity index (χ0v) is 6.66. The number of hydrogen-bond donors (Lipinski definition) is 1. The molecule has 4 heteroatoms. The van der Waals surface area contributed by atoms with Crippen molar-refractivity contribution in [1.29, 1.82) is 0 Å². The molecule has 1 rings (SSSR count). The Labute approximate surface area is 73.8 Å². The van der Waals surface area contributed by atoms with Crippen LogP contribution in [0, 0.1) is 5.82 Å². The maximum absolute atomic E-state index is 12.9. The third-order valence-electron chi connectivity index (χ3n) is 1.55. The first-order chi connectivity index (χ1) is 6.11. The molecule has 0 heterocycles. The van der Waals surface area contributed by atoms with Gasteiger partial charge in [-0.25, -0.2) is 9.18 Å². The van der Waals surface area contributed by atoms with Crippen molar-refractivity contribution in [2.24, 2.45) is 0 Å². The monoisotopic (exact) mass is 182 g/mol. The molecule has 0 radical (unpaired) electrons. The molecule has 0 amide bonds. The predicted octanol–water partition coefficient (Wildman–Crippen LogP) is 1.02. The summed E-state index contributed by atoms with van der Waals surface area (Å²) in [4.78, 5) is 20.8. The van der Waals surface area contributed by atoms with E-state index >= 15 is 0 Å². The van der Waals surface area contributed by atoms with Crippen molar-refractivity contribution >= 4 is 11.8 Å². The fourth-order valence-electron chi connectivity index (χ4n) is 0.890. The molecule has 0 bridgehead atoms. The Morgan fingerprint density at radius 2 is 1.92 bits per heavy atom. The normalized spacial score (nSPS) is 9.62. The summed E-state index contributed by atoms with van der Waals surface area (Å²) in [6.45, 7) is 0. The van der Waals surface area contributed by atoms with Crippen LogP contribution in [-0.4, -0.2) is 16.9 Å². The second kappa shape index (κ2) is 3.80. The van der Waals surface area contributed by atoms with E-state index in [-0.39, 0.29) is 5.56 Å². The number of carboxylic acids is 1. The van der Waals surface area contributed by atoms with Gasteiger partial charge in [0.05, 0.1) is 0 Å². The number of Topliss-reactive ketones (excluding diaryl/α,β-unsaturated/α-hetero) is 1. The van der Waals surface area contributed by atoms with Crippen LogP contribution in [0.5, 0.6) is 0 Å². The molecular formula is C9H7FO3. The van der Waals surface area contributed by atoms with E-state index < -0.39 is 24.0 Å². The second-order valence-corrected chi connectivity index (χ2v) is 2.50. The number of aliphatic carboxylic acids is 1. The minimum Gasteiger partial charge on any atom is -0.475 e. The van der Waals surface area contributed by atoms with Crippen molar-refractivity contribution in [1.82, 2.24) is 0 Å². The highest BCUT2D eigenvalue weighted by molar-refractivity contribution is 6.33. The van der Waals surface area contributed by atoms with Gasteiger partial charge in [0.25, 0.3) is 0 Å². The van der Waals surface area contributed by atoms with Crippen LogP contribution in [0.1, 0.15) is 5.56 Å². The molecule has 0 aliphatic heterocycles. The van der Waals surface area contributed by atoms with E-state index in [1.807, 2.05) is 0 Å². The van der Waals surface area contributed by atoms with Gasteiger partial charge in [-0.3, -0.25) is 4.79 Å². The van der Waals surface area contributed by atoms with Crippen LogP contribution in [0.15, 0.2) is 24.3 Å². The van der Waals surface area contributed by atoms with Crippen molar-refractivity contribution in [3.63, 3.8) is 0 Å². The Hall–Kier alpha value is -1.71. The maximum atomic E-state index is 12.9. The van der Waals surface area contributed by atoms with E-state index in [1.54, 1.807) is 6.07 Å². The molecule has 1 aromatic rings. The molecular weight excluding hydrogens is 175 g/mol.